The van der Waals surface area contributed by atoms with E-state index in [2.05, 4.69) is 0 Å². The van der Waals surface area contributed by atoms with Gasteiger partial charge in [0.05, 0.1) is 33.2 Å². The molecule has 0 aliphatic carbocycles. The number of fused-ring (bicyclic) bond motifs is 1. The topological polar surface area (TPSA) is 81.3 Å². The van der Waals surface area contributed by atoms with Gasteiger partial charge in [-0.2, -0.15) is 5.26 Å². The number of aryl methyl sites for hydroxylation is 1. The summed E-state index contributed by atoms with van der Waals surface area (Å²) in [6.07, 6.45) is 1.33. The number of benzene rings is 2. The van der Waals surface area contributed by atoms with Gasteiger partial charge in [-0.3, -0.25) is 0 Å². The van der Waals surface area contributed by atoms with Crippen LogP contribution in [0.4, 0.5) is 4.39 Å². The van der Waals surface area contributed by atoms with Gasteiger partial charge in [0, 0.05) is 17.0 Å². The summed E-state index contributed by atoms with van der Waals surface area (Å²) in [4.78, 5) is 0.0271. The minimum absolute atomic E-state index is 0.0271. The molecular formula is C22H22BFN2O4S. The fourth-order valence-corrected chi connectivity index (χ4v) is 4.92. The first-order chi connectivity index (χ1) is 14.4. The zero-order valence-electron chi connectivity index (χ0n) is 17.9. The van der Waals surface area contributed by atoms with Crippen LogP contribution >= 0.6 is 0 Å². The first-order valence-corrected chi connectivity index (χ1v) is 11.2. The Hall–Kier alpha value is -2.67. The molecule has 1 saturated heterocycles. The molecular weight excluding hydrogens is 418 g/mol. The summed E-state index contributed by atoms with van der Waals surface area (Å²) in [5, 5.41) is 9.57. The van der Waals surface area contributed by atoms with Crippen LogP contribution < -0.4 is 5.46 Å². The van der Waals surface area contributed by atoms with E-state index < -0.39 is 34.2 Å². The van der Waals surface area contributed by atoms with Crippen LogP contribution in [-0.2, 0) is 19.3 Å². The van der Waals surface area contributed by atoms with Crippen molar-refractivity contribution in [1.29, 1.82) is 5.26 Å². The summed E-state index contributed by atoms with van der Waals surface area (Å²) >= 11 is 0. The molecule has 0 N–H and O–H groups in total. The van der Waals surface area contributed by atoms with Crippen molar-refractivity contribution in [2.45, 2.75) is 50.7 Å². The highest BCUT2D eigenvalue weighted by Crippen LogP contribution is 2.37. The molecule has 0 radical (unpaired) electrons. The molecule has 3 aromatic rings. The molecule has 0 atom stereocenters. The predicted octanol–water partition coefficient (Wildman–Crippen LogP) is 3.50. The molecule has 0 amide bonds. The van der Waals surface area contributed by atoms with Gasteiger partial charge in [-0.05, 0) is 58.9 Å². The van der Waals surface area contributed by atoms with Crippen molar-refractivity contribution in [2.75, 3.05) is 0 Å². The lowest BCUT2D eigenvalue weighted by Gasteiger charge is -2.32. The smallest absolute Gasteiger partial charge is 0.399 e. The van der Waals surface area contributed by atoms with E-state index >= 15 is 4.39 Å². The van der Waals surface area contributed by atoms with E-state index in [9.17, 15) is 13.7 Å². The second-order valence-corrected chi connectivity index (χ2v) is 10.6. The number of halogens is 1. The lowest BCUT2D eigenvalue weighted by molar-refractivity contribution is 0.00578. The van der Waals surface area contributed by atoms with Gasteiger partial charge in [0.1, 0.15) is 5.82 Å². The Kier molecular flexibility index (Phi) is 4.81. The third-order valence-corrected chi connectivity index (χ3v) is 7.74. The number of aromatic nitrogens is 1. The predicted molar refractivity (Wildman–Crippen MR) is 116 cm³/mol. The van der Waals surface area contributed by atoms with Crippen molar-refractivity contribution < 1.29 is 22.1 Å². The van der Waals surface area contributed by atoms with Crippen molar-refractivity contribution in [3.8, 4) is 6.07 Å². The van der Waals surface area contributed by atoms with Crippen LogP contribution in [0, 0.1) is 24.1 Å². The van der Waals surface area contributed by atoms with Crippen LogP contribution in [0.1, 0.15) is 38.8 Å². The van der Waals surface area contributed by atoms with Crippen molar-refractivity contribution in [1.82, 2.24) is 3.97 Å². The molecule has 2 aromatic carbocycles. The van der Waals surface area contributed by atoms with Gasteiger partial charge in [-0.25, -0.2) is 16.8 Å². The number of hydrogen-bond donors (Lipinski definition) is 0. The van der Waals surface area contributed by atoms with Gasteiger partial charge < -0.3 is 9.31 Å². The molecule has 0 unspecified atom stereocenters. The summed E-state index contributed by atoms with van der Waals surface area (Å²) in [6.45, 7) is 9.33. The zero-order chi connectivity index (χ0) is 22.8. The van der Waals surface area contributed by atoms with Gasteiger partial charge in [0.2, 0.25) is 0 Å². The molecule has 0 saturated carbocycles. The normalized spacial score (nSPS) is 17.8. The van der Waals surface area contributed by atoms with E-state index in [1.165, 1.54) is 24.4 Å². The zero-order valence-corrected chi connectivity index (χ0v) is 18.7. The average Bonchev–Trinajstić information content (AvgIpc) is 3.17. The Morgan fingerprint density at radius 3 is 2.19 bits per heavy atom. The molecule has 4 rings (SSSR count). The van der Waals surface area contributed by atoms with Gasteiger partial charge in [0.25, 0.3) is 10.0 Å². The molecule has 0 spiro atoms. The third-order valence-electron chi connectivity index (χ3n) is 6.07. The average molecular weight is 440 g/mol. The molecule has 160 valence electrons. The molecule has 1 aliphatic heterocycles. The maximum atomic E-state index is 15.1. The molecule has 0 bridgehead atoms. The van der Waals surface area contributed by atoms with E-state index in [1.54, 1.807) is 12.1 Å². The Morgan fingerprint density at radius 2 is 1.65 bits per heavy atom. The minimum Gasteiger partial charge on any atom is -0.399 e. The van der Waals surface area contributed by atoms with E-state index in [4.69, 9.17) is 9.31 Å². The quantitative estimate of drug-likeness (QED) is 0.583. The first kappa shape index (κ1) is 21.6. The summed E-state index contributed by atoms with van der Waals surface area (Å²) in [5.41, 5.74) is -0.169. The molecule has 6 nitrogen and oxygen atoms in total. The van der Waals surface area contributed by atoms with Crippen molar-refractivity contribution >= 4 is 33.5 Å². The van der Waals surface area contributed by atoms with Crippen LogP contribution in [0.5, 0.6) is 0 Å². The summed E-state index contributed by atoms with van der Waals surface area (Å²) in [7, 11) is -5.03. The Morgan fingerprint density at radius 1 is 1.06 bits per heavy atom. The third kappa shape index (κ3) is 3.35. The van der Waals surface area contributed by atoms with E-state index in [-0.39, 0.29) is 21.4 Å². The summed E-state index contributed by atoms with van der Waals surface area (Å²) < 4.78 is 55.0. The molecule has 1 aromatic heterocycles. The second-order valence-electron chi connectivity index (χ2n) is 8.75. The number of nitrogens with zero attached hydrogens (tertiary/aromatic N) is 2. The molecule has 1 fully saturated rings. The van der Waals surface area contributed by atoms with Crippen LogP contribution in [0.15, 0.2) is 47.5 Å². The largest absolute Gasteiger partial charge is 0.497 e. The molecule has 1 aliphatic rings. The minimum atomic E-state index is -4.11. The van der Waals surface area contributed by atoms with Crippen LogP contribution in [0.25, 0.3) is 10.9 Å². The Bertz CT molecular complexity index is 1320. The fourth-order valence-electron chi connectivity index (χ4n) is 3.54. The second kappa shape index (κ2) is 6.92. The number of rotatable bonds is 3. The maximum absolute atomic E-state index is 15.1. The summed E-state index contributed by atoms with van der Waals surface area (Å²) in [6, 6.07) is 10.7. The fraction of sp³-hybridized carbons (Fsp3) is 0.318. The highest BCUT2D eigenvalue weighted by Gasteiger charge is 2.52. The van der Waals surface area contributed by atoms with E-state index in [0.29, 0.717) is 5.46 Å². The van der Waals surface area contributed by atoms with Gasteiger partial charge >= 0.3 is 7.12 Å². The van der Waals surface area contributed by atoms with Crippen molar-refractivity contribution in [2.24, 2.45) is 0 Å². The highest BCUT2D eigenvalue weighted by molar-refractivity contribution is 7.90. The highest BCUT2D eigenvalue weighted by atomic mass is 32.2. The molecule has 31 heavy (non-hydrogen) atoms. The van der Waals surface area contributed by atoms with Gasteiger partial charge in [-0.1, -0.05) is 17.7 Å². The van der Waals surface area contributed by atoms with Crippen molar-refractivity contribution in [3.63, 3.8) is 0 Å². The maximum Gasteiger partial charge on any atom is 0.497 e. The van der Waals surface area contributed by atoms with E-state index in [0.717, 1.165) is 15.6 Å². The van der Waals surface area contributed by atoms with E-state index in [1.807, 2.05) is 40.7 Å². The van der Waals surface area contributed by atoms with Gasteiger partial charge in [-0.15, -0.1) is 0 Å². The van der Waals surface area contributed by atoms with Crippen LogP contribution in [-0.4, -0.2) is 30.7 Å². The molecule has 2 heterocycles. The van der Waals surface area contributed by atoms with Crippen LogP contribution in [0.2, 0.25) is 0 Å². The SMILES string of the molecule is Cc1ccc(S(=O)(=O)n2cc(B3OC(C)(C)C(C)(C)O3)c3cc(C#N)cc(F)c32)cc1. The lowest BCUT2D eigenvalue weighted by Crippen LogP contribution is -2.41. The van der Waals surface area contributed by atoms with Crippen LogP contribution in [0.3, 0.4) is 0 Å². The summed E-state index contributed by atoms with van der Waals surface area (Å²) in [5.74, 6) is -0.812. The first-order valence-electron chi connectivity index (χ1n) is 9.80. The van der Waals surface area contributed by atoms with Gasteiger partial charge in [0.15, 0.2) is 0 Å². The van der Waals surface area contributed by atoms with Crippen molar-refractivity contribution in [3.05, 3.63) is 59.5 Å². The standard InChI is InChI=1S/C22H22BFN2O4S/c1-14-6-8-16(9-7-14)31(27,28)26-13-18(23-29-21(2,3)22(4,5)30-23)17-10-15(12-25)11-19(24)20(17)26/h6-11,13H,1-5H3. The Labute approximate surface area is 181 Å². The Balaban J connectivity index is 1.98. The molecule has 9 heteroatoms. The monoisotopic (exact) mass is 440 g/mol. The lowest BCUT2D eigenvalue weighted by atomic mass is 9.79. The number of nitriles is 1. The number of hydrogen-bond acceptors (Lipinski definition) is 5.